The molecule has 1 aromatic rings. The molecule has 1 heterocycles. The van der Waals surface area contributed by atoms with E-state index in [0.717, 1.165) is 36.7 Å². The Labute approximate surface area is 129 Å². The van der Waals surface area contributed by atoms with Crippen LogP contribution in [-0.4, -0.2) is 28.7 Å². The fourth-order valence-corrected chi connectivity index (χ4v) is 2.82. The molecule has 0 bridgehead atoms. The highest BCUT2D eigenvalue weighted by atomic mass is 79.9. The van der Waals surface area contributed by atoms with Crippen molar-refractivity contribution in [2.24, 2.45) is 5.92 Å². The van der Waals surface area contributed by atoms with E-state index in [1.54, 1.807) is 0 Å². The fourth-order valence-electron chi connectivity index (χ4n) is 2.36. The second-order valence-electron chi connectivity index (χ2n) is 5.11. The quantitative estimate of drug-likeness (QED) is 0.722. The molecule has 1 atom stereocenters. The van der Waals surface area contributed by atoms with Crippen LogP contribution >= 0.6 is 15.9 Å². The summed E-state index contributed by atoms with van der Waals surface area (Å²) in [5.74, 6) is 0.315. The van der Waals surface area contributed by atoms with Crippen LogP contribution in [0.25, 0.3) is 0 Å². The summed E-state index contributed by atoms with van der Waals surface area (Å²) >= 11 is 3.42. The summed E-state index contributed by atoms with van der Waals surface area (Å²) in [4.78, 5) is 12.3. The number of aliphatic hydroxyl groups excluding tert-OH is 1. The van der Waals surface area contributed by atoms with E-state index in [4.69, 9.17) is 5.11 Å². The zero-order chi connectivity index (χ0) is 15.0. The van der Waals surface area contributed by atoms with Gasteiger partial charge >= 0.3 is 0 Å². The third-order valence-corrected chi connectivity index (χ3v) is 3.78. The minimum Gasteiger partial charge on any atom is -0.396 e. The van der Waals surface area contributed by atoms with Crippen LogP contribution in [0.5, 0.6) is 0 Å². The lowest BCUT2D eigenvalue weighted by Gasteiger charge is -2.16. The van der Waals surface area contributed by atoms with Gasteiger partial charge in [-0.25, -0.2) is 0 Å². The van der Waals surface area contributed by atoms with Crippen LogP contribution in [0.3, 0.4) is 0 Å². The van der Waals surface area contributed by atoms with E-state index in [-0.39, 0.29) is 12.5 Å². The van der Waals surface area contributed by atoms with Crippen molar-refractivity contribution in [2.75, 3.05) is 13.2 Å². The Hall–Kier alpha value is -0.810. The van der Waals surface area contributed by atoms with E-state index >= 15 is 0 Å². The number of hydrogen-bond acceptors (Lipinski definition) is 2. The van der Waals surface area contributed by atoms with E-state index in [0.29, 0.717) is 18.2 Å². The van der Waals surface area contributed by atoms with Gasteiger partial charge in [0.05, 0.1) is 0 Å². The summed E-state index contributed by atoms with van der Waals surface area (Å²) in [7, 11) is 0. The number of halogens is 1. The molecule has 0 fully saturated rings. The molecule has 0 radical (unpaired) electrons. The van der Waals surface area contributed by atoms with Gasteiger partial charge < -0.3 is 15.0 Å². The second kappa shape index (κ2) is 9.19. The number of aryl methyl sites for hydroxylation is 1. The molecule has 0 spiro atoms. The molecule has 0 saturated carbocycles. The monoisotopic (exact) mass is 344 g/mol. The topological polar surface area (TPSA) is 54.3 Å². The summed E-state index contributed by atoms with van der Waals surface area (Å²) < 4.78 is 2.90. The van der Waals surface area contributed by atoms with Crippen molar-refractivity contribution in [1.29, 1.82) is 0 Å². The van der Waals surface area contributed by atoms with Crippen LogP contribution in [-0.2, 0) is 6.54 Å². The van der Waals surface area contributed by atoms with Gasteiger partial charge in [-0.05, 0) is 47.2 Å². The van der Waals surface area contributed by atoms with Crippen molar-refractivity contribution in [3.63, 3.8) is 0 Å². The predicted octanol–water partition coefficient (Wildman–Crippen LogP) is 3.19. The highest BCUT2D eigenvalue weighted by Gasteiger charge is 2.14. The zero-order valence-electron chi connectivity index (χ0n) is 12.4. The number of hydrogen-bond donors (Lipinski definition) is 2. The average molecular weight is 345 g/mol. The van der Waals surface area contributed by atoms with E-state index in [1.807, 2.05) is 16.8 Å². The number of aromatic nitrogens is 1. The summed E-state index contributed by atoms with van der Waals surface area (Å²) in [5.41, 5.74) is 0.693. The molecule has 0 aliphatic carbocycles. The summed E-state index contributed by atoms with van der Waals surface area (Å²) in [6.45, 7) is 5.85. The molecule has 20 heavy (non-hydrogen) atoms. The number of rotatable bonds is 9. The first-order chi connectivity index (χ1) is 9.62. The van der Waals surface area contributed by atoms with Gasteiger partial charge in [0.2, 0.25) is 0 Å². The Morgan fingerprint density at radius 3 is 2.75 bits per heavy atom. The molecule has 2 N–H and O–H groups in total. The first-order valence-corrected chi connectivity index (χ1v) is 8.16. The maximum Gasteiger partial charge on any atom is 0.267 e. The van der Waals surface area contributed by atoms with Gasteiger partial charge in [-0.2, -0.15) is 0 Å². The molecule has 0 saturated heterocycles. The molecule has 1 amide bonds. The third-order valence-electron chi connectivity index (χ3n) is 3.35. The van der Waals surface area contributed by atoms with E-state index < -0.39 is 0 Å². The Balaban J connectivity index is 2.61. The lowest BCUT2D eigenvalue weighted by Crippen LogP contribution is -2.31. The number of carbonyl (C=O) groups excluding carboxylic acids is 1. The van der Waals surface area contributed by atoms with Crippen LogP contribution in [0, 0.1) is 5.92 Å². The van der Waals surface area contributed by atoms with Crippen molar-refractivity contribution in [3.8, 4) is 0 Å². The van der Waals surface area contributed by atoms with Crippen molar-refractivity contribution in [1.82, 2.24) is 9.88 Å². The maximum atomic E-state index is 12.3. The molecule has 1 unspecified atom stereocenters. The summed E-state index contributed by atoms with van der Waals surface area (Å²) in [5, 5.41) is 12.0. The fraction of sp³-hybridized carbons (Fsp3) is 0.667. The van der Waals surface area contributed by atoms with Gasteiger partial charge in [-0.1, -0.05) is 20.3 Å². The number of aliphatic hydroxyl groups is 1. The maximum absolute atomic E-state index is 12.3. The molecule has 114 valence electrons. The molecule has 0 aliphatic rings. The van der Waals surface area contributed by atoms with Crippen LogP contribution < -0.4 is 5.32 Å². The molecular weight excluding hydrogens is 320 g/mol. The third kappa shape index (κ3) is 5.29. The van der Waals surface area contributed by atoms with Gasteiger partial charge in [-0.3, -0.25) is 4.79 Å². The largest absolute Gasteiger partial charge is 0.396 e. The van der Waals surface area contributed by atoms with Gasteiger partial charge in [-0.15, -0.1) is 0 Å². The minimum absolute atomic E-state index is 0.0387. The van der Waals surface area contributed by atoms with Gasteiger partial charge in [0.15, 0.2) is 0 Å². The Morgan fingerprint density at radius 2 is 2.15 bits per heavy atom. The first-order valence-electron chi connectivity index (χ1n) is 7.37. The van der Waals surface area contributed by atoms with Crippen LogP contribution in [0.4, 0.5) is 0 Å². The Kier molecular flexibility index (Phi) is 7.92. The average Bonchev–Trinajstić information content (AvgIpc) is 2.78. The van der Waals surface area contributed by atoms with Crippen LogP contribution in [0.2, 0.25) is 0 Å². The SMILES string of the molecule is CCCC(CCO)CNC(=O)c1cc(Br)cn1CCC. The second-order valence-corrected chi connectivity index (χ2v) is 6.03. The van der Waals surface area contributed by atoms with Gasteiger partial charge in [0.25, 0.3) is 5.91 Å². The standard InChI is InChI=1S/C15H25BrN2O2/c1-3-5-12(6-8-19)10-17-15(20)14-9-13(16)11-18(14)7-4-2/h9,11-12,19H,3-8,10H2,1-2H3,(H,17,20). The lowest BCUT2D eigenvalue weighted by atomic mass is 10.0. The van der Waals surface area contributed by atoms with E-state index in [2.05, 4.69) is 35.1 Å². The number of nitrogens with one attached hydrogen (secondary N) is 1. The van der Waals surface area contributed by atoms with Crippen molar-refractivity contribution < 1.29 is 9.90 Å². The minimum atomic E-state index is -0.0387. The van der Waals surface area contributed by atoms with Crippen molar-refractivity contribution in [3.05, 3.63) is 22.4 Å². The van der Waals surface area contributed by atoms with E-state index in [9.17, 15) is 4.79 Å². The Morgan fingerprint density at radius 1 is 1.40 bits per heavy atom. The lowest BCUT2D eigenvalue weighted by molar-refractivity contribution is 0.0933. The van der Waals surface area contributed by atoms with Gasteiger partial charge in [0.1, 0.15) is 5.69 Å². The van der Waals surface area contributed by atoms with Crippen LogP contribution in [0.1, 0.15) is 50.0 Å². The zero-order valence-corrected chi connectivity index (χ0v) is 13.9. The van der Waals surface area contributed by atoms with E-state index in [1.165, 1.54) is 0 Å². The number of nitrogens with zero attached hydrogens (tertiary/aromatic N) is 1. The highest BCUT2D eigenvalue weighted by molar-refractivity contribution is 9.10. The Bertz CT molecular complexity index is 412. The molecular formula is C15H25BrN2O2. The highest BCUT2D eigenvalue weighted by Crippen LogP contribution is 2.16. The summed E-state index contributed by atoms with van der Waals surface area (Å²) in [6.07, 6.45) is 5.77. The summed E-state index contributed by atoms with van der Waals surface area (Å²) in [6, 6.07) is 1.85. The molecule has 1 aromatic heterocycles. The molecule has 1 rings (SSSR count). The van der Waals surface area contributed by atoms with Gasteiger partial charge in [0, 0.05) is 30.4 Å². The van der Waals surface area contributed by atoms with Crippen molar-refractivity contribution in [2.45, 2.75) is 46.1 Å². The van der Waals surface area contributed by atoms with Crippen LogP contribution in [0.15, 0.2) is 16.7 Å². The molecule has 0 aliphatic heterocycles. The normalized spacial score (nSPS) is 12.4. The smallest absolute Gasteiger partial charge is 0.267 e. The molecule has 5 heteroatoms. The number of amides is 1. The molecule has 4 nitrogen and oxygen atoms in total. The first kappa shape index (κ1) is 17.2. The molecule has 0 aromatic carbocycles. The predicted molar refractivity (Wildman–Crippen MR) is 84.9 cm³/mol. The number of carbonyl (C=O) groups is 1. The van der Waals surface area contributed by atoms with Crippen molar-refractivity contribution >= 4 is 21.8 Å².